The van der Waals surface area contributed by atoms with Crippen molar-refractivity contribution in [3.05, 3.63) is 111 Å². The quantitative estimate of drug-likeness (QED) is 0.206. The number of hydrazone groups is 1. The van der Waals surface area contributed by atoms with Gasteiger partial charge in [-0.1, -0.05) is 48.5 Å². The molecule has 0 radical (unpaired) electrons. The number of nitro benzene ring substituents is 1. The second-order valence-corrected chi connectivity index (χ2v) is 8.59. The topological polar surface area (TPSA) is 89.5 Å². The molecule has 0 atom stereocenters. The first kappa shape index (κ1) is 20.6. The average Bonchev–Trinajstić information content (AvgIpc) is 3.41. The lowest BCUT2D eigenvalue weighted by Gasteiger charge is -2.05. The Balaban J connectivity index is 1.36. The van der Waals surface area contributed by atoms with Crippen LogP contribution in [0.15, 0.2) is 90.2 Å². The van der Waals surface area contributed by atoms with E-state index in [0.717, 1.165) is 27.7 Å². The number of carbonyl (C=O) groups is 1. The average molecular weight is 455 g/mol. The Hall–Kier alpha value is -4.30. The van der Waals surface area contributed by atoms with Crippen LogP contribution in [-0.4, -0.2) is 21.6 Å². The third-order valence-corrected chi connectivity index (χ3v) is 6.43. The lowest BCUT2D eigenvalue weighted by atomic mass is 10.2. The van der Waals surface area contributed by atoms with Gasteiger partial charge in [0, 0.05) is 51.4 Å². The van der Waals surface area contributed by atoms with Crippen molar-refractivity contribution in [2.75, 3.05) is 0 Å². The summed E-state index contributed by atoms with van der Waals surface area (Å²) in [5, 5.41) is 16.8. The Bertz CT molecular complexity index is 1520. The highest BCUT2D eigenvalue weighted by Gasteiger charge is 2.13. The van der Waals surface area contributed by atoms with Gasteiger partial charge in [0.25, 0.3) is 11.6 Å². The van der Waals surface area contributed by atoms with E-state index < -0.39 is 4.92 Å². The van der Waals surface area contributed by atoms with Gasteiger partial charge in [0.2, 0.25) is 0 Å². The summed E-state index contributed by atoms with van der Waals surface area (Å²) in [4.78, 5) is 23.5. The molecule has 5 aromatic rings. The van der Waals surface area contributed by atoms with Gasteiger partial charge in [-0.05, 0) is 23.8 Å². The summed E-state index contributed by atoms with van der Waals surface area (Å²) in [6.07, 6.45) is 3.66. The van der Waals surface area contributed by atoms with E-state index in [1.165, 1.54) is 29.0 Å². The van der Waals surface area contributed by atoms with Gasteiger partial charge >= 0.3 is 0 Å². The van der Waals surface area contributed by atoms with E-state index in [0.29, 0.717) is 10.3 Å². The Morgan fingerprint density at radius 3 is 2.67 bits per heavy atom. The van der Waals surface area contributed by atoms with E-state index in [-0.39, 0.29) is 11.6 Å². The molecule has 0 saturated carbocycles. The largest absolute Gasteiger partial charge is 0.342 e. The molecule has 0 fully saturated rings. The van der Waals surface area contributed by atoms with E-state index in [4.69, 9.17) is 0 Å². The first-order valence-electron chi connectivity index (χ1n) is 10.2. The van der Waals surface area contributed by atoms with E-state index in [1.807, 2.05) is 42.6 Å². The summed E-state index contributed by atoms with van der Waals surface area (Å²) in [5.41, 5.74) is 5.74. The minimum atomic E-state index is -0.449. The Morgan fingerprint density at radius 1 is 1.06 bits per heavy atom. The molecule has 0 spiro atoms. The van der Waals surface area contributed by atoms with Crippen molar-refractivity contribution in [2.24, 2.45) is 5.10 Å². The van der Waals surface area contributed by atoms with Gasteiger partial charge in [0.05, 0.1) is 16.0 Å². The van der Waals surface area contributed by atoms with Crippen molar-refractivity contribution in [1.29, 1.82) is 0 Å². The summed E-state index contributed by atoms with van der Waals surface area (Å²) >= 11 is 1.27. The van der Waals surface area contributed by atoms with Crippen molar-refractivity contribution in [3.8, 4) is 0 Å². The third-order valence-electron chi connectivity index (χ3n) is 5.32. The summed E-state index contributed by atoms with van der Waals surface area (Å²) < 4.78 is 2.96. The number of benzene rings is 3. The van der Waals surface area contributed by atoms with Gasteiger partial charge in [-0.25, -0.2) is 5.43 Å². The fourth-order valence-corrected chi connectivity index (χ4v) is 4.69. The number of fused-ring (bicyclic) bond motifs is 2. The van der Waals surface area contributed by atoms with Crippen molar-refractivity contribution in [3.63, 3.8) is 0 Å². The van der Waals surface area contributed by atoms with Crippen LogP contribution in [0.2, 0.25) is 0 Å². The number of hydrogen-bond donors (Lipinski definition) is 1. The highest BCUT2D eigenvalue weighted by atomic mass is 32.1. The van der Waals surface area contributed by atoms with Crippen molar-refractivity contribution in [1.82, 2.24) is 9.99 Å². The van der Waals surface area contributed by atoms with Crippen LogP contribution in [0, 0.1) is 10.1 Å². The van der Waals surface area contributed by atoms with Gasteiger partial charge in [0.15, 0.2) is 0 Å². The number of para-hydroxylation sites is 1. The molecule has 1 N–H and O–H groups in total. The Labute approximate surface area is 192 Å². The van der Waals surface area contributed by atoms with Crippen LogP contribution >= 0.6 is 11.3 Å². The van der Waals surface area contributed by atoms with Crippen LogP contribution < -0.4 is 5.43 Å². The maximum Gasteiger partial charge on any atom is 0.281 e. The number of carbonyl (C=O) groups excluding carboxylic acids is 1. The van der Waals surface area contributed by atoms with Crippen LogP contribution in [0.5, 0.6) is 0 Å². The summed E-state index contributed by atoms with van der Waals surface area (Å²) in [6.45, 7) is 0.732. The van der Waals surface area contributed by atoms with Crippen LogP contribution in [0.4, 0.5) is 5.69 Å². The predicted octanol–water partition coefficient (Wildman–Crippen LogP) is 5.58. The number of nitrogens with one attached hydrogen (secondary N) is 1. The zero-order valence-electron chi connectivity index (χ0n) is 17.3. The standard InChI is InChI=1S/C25H18N4O3S/c30-25(24-13-18-12-20(29(31)32)10-11-23(18)33-24)27-26-14-19-16-28(15-17-6-2-1-3-7-17)22-9-5-4-8-21(19)22/h1-14,16H,15H2,(H,27,30). The molecule has 0 aliphatic heterocycles. The zero-order chi connectivity index (χ0) is 22.8. The van der Waals surface area contributed by atoms with Gasteiger partial charge in [-0.3, -0.25) is 14.9 Å². The molecular weight excluding hydrogens is 436 g/mol. The second-order valence-electron chi connectivity index (χ2n) is 7.50. The van der Waals surface area contributed by atoms with E-state index in [2.05, 4.69) is 33.3 Å². The molecular formula is C25H18N4O3S. The molecule has 7 nitrogen and oxygen atoms in total. The maximum atomic E-state index is 12.6. The first-order valence-corrected chi connectivity index (χ1v) is 11.0. The van der Waals surface area contributed by atoms with E-state index in [9.17, 15) is 14.9 Å². The Kier molecular flexibility index (Phi) is 5.42. The number of hydrogen-bond acceptors (Lipinski definition) is 5. The molecule has 8 heteroatoms. The van der Waals surface area contributed by atoms with Gasteiger partial charge in [-0.15, -0.1) is 11.3 Å². The van der Waals surface area contributed by atoms with E-state index >= 15 is 0 Å². The number of aromatic nitrogens is 1. The molecule has 162 valence electrons. The highest BCUT2D eigenvalue weighted by Crippen LogP contribution is 2.29. The molecule has 0 bridgehead atoms. The third kappa shape index (κ3) is 4.24. The molecule has 33 heavy (non-hydrogen) atoms. The molecule has 0 unspecified atom stereocenters. The van der Waals surface area contributed by atoms with Crippen LogP contribution in [0.1, 0.15) is 20.8 Å². The molecule has 5 rings (SSSR count). The minimum absolute atomic E-state index is 0.00262. The van der Waals surface area contributed by atoms with Crippen molar-refractivity contribution >= 4 is 50.1 Å². The Morgan fingerprint density at radius 2 is 1.85 bits per heavy atom. The van der Waals surface area contributed by atoms with Crippen LogP contribution in [0.25, 0.3) is 21.0 Å². The normalized spacial score (nSPS) is 11.4. The highest BCUT2D eigenvalue weighted by molar-refractivity contribution is 7.20. The molecule has 0 saturated heterocycles. The lowest BCUT2D eigenvalue weighted by molar-refractivity contribution is -0.384. The molecule has 2 heterocycles. The SMILES string of the molecule is O=C(NN=Cc1cn(Cc2ccccc2)c2ccccc12)c1cc2cc([N+](=O)[O-])ccc2s1. The lowest BCUT2D eigenvalue weighted by Crippen LogP contribution is -2.16. The fraction of sp³-hybridized carbons (Fsp3) is 0.0400. The number of thiophene rings is 1. The molecule has 2 aromatic heterocycles. The number of amides is 1. The second kappa shape index (κ2) is 8.68. The summed E-state index contributed by atoms with van der Waals surface area (Å²) in [5.74, 6) is -0.358. The number of nitro groups is 1. The number of rotatable bonds is 6. The number of nitrogens with zero attached hydrogens (tertiary/aromatic N) is 3. The minimum Gasteiger partial charge on any atom is -0.342 e. The van der Waals surface area contributed by atoms with Gasteiger partial charge < -0.3 is 4.57 Å². The monoisotopic (exact) mass is 454 g/mol. The van der Waals surface area contributed by atoms with Crippen molar-refractivity contribution in [2.45, 2.75) is 6.54 Å². The van der Waals surface area contributed by atoms with Gasteiger partial charge in [0.1, 0.15) is 0 Å². The van der Waals surface area contributed by atoms with Crippen molar-refractivity contribution < 1.29 is 9.72 Å². The van der Waals surface area contributed by atoms with E-state index in [1.54, 1.807) is 18.3 Å². The maximum absolute atomic E-state index is 12.6. The summed E-state index contributed by atoms with van der Waals surface area (Å²) in [6, 6.07) is 24.5. The number of non-ortho nitro benzene ring substituents is 1. The van der Waals surface area contributed by atoms with Crippen LogP contribution in [-0.2, 0) is 6.54 Å². The summed E-state index contributed by atoms with van der Waals surface area (Å²) in [7, 11) is 0. The smallest absolute Gasteiger partial charge is 0.281 e. The molecule has 0 aliphatic carbocycles. The first-order chi connectivity index (χ1) is 16.1. The predicted molar refractivity (Wildman–Crippen MR) is 131 cm³/mol. The fourth-order valence-electron chi connectivity index (χ4n) is 3.76. The van der Waals surface area contributed by atoms with Crippen LogP contribution in [0.3, 0.4) is 0 Å². The molecule has 1 amide bonds. The zero-order valence-corrected chi connectivity index (χ0v) is 18.2. The molecule has 0 aliphatic rings. The van der Waals surface area contributed by atoms with Gasteiger partial charge in [-0.2, -0.15) is 5.10 Å². The molecule has 3 aromatic carbocycles.